The summed E-state index contributed by atoms with van der Waals surface area (Å²) in [6.45, 7) is 2.57. The number of nitrogens with one attached hydrogen (secondary N) is 2. The van der Waals surface area contributed by atoms with Crippen LogP contribution in [0.5, 0.6) is 0 Å². The Bertz CT molecular complexity index is 641. The van der Waals surface area contributed by atoms with Crippen molar-refractivity contribution in [1.29, 1.82) is 0 Å². The van der Waals surface area contributed by atoms with E-state index in [1.54, 1.807) is 6.07 Å². The molecule has 0 fully saturated rings. The molecule has 0 aliphatic carbocycles. The molecule has 0 spiro atoms. The lowest BCUT2D eigenvalue weighted by Crippen LogP contribution is -2.16. The van der Waals surface area contributed by atoms with Gasteiger partial charge in [-0.1, -0.05) is 0 Å². The first-order valence-electron chi connectivity index (χ1n) is 6.04. The van der Waals surface area contributed by atoms with Gasteiger partial charge in [0.1, 0.15) is 11.6 Å². The number of nitrogens with zero attached hydrogens (tertiary/aromatic N) is 2. The third-order valence-corrected chi connectivity index (χ3v) is 3.13. The SMILES string of the molecule is CCNc1ccc(C(=O)Nc2c(F)cc(F)cc2Br)nn1. The lowest BCUT2D eigenvalue weighted by Gasteiger charge is -2.08. The van der Waals surface area contributed by atoms with Gasteiger partial charge in [0.25, 0.3) is 5.91 Å². The maximum Gasteiger partial charge on any atom is 0.276 e. The molecule has 5 nitrogen and oxygen atoms in total. The lowest BCUT2D eigenvalue weighted by molar-refractivity contribution is 0.102. The molecule has 1 aromatic carbocycles. The molecule has 0 bridgehead atoms. The maximum absolute atomic E-state index is 13.6. The Morgan fingerprint density at radius 1 is 1.29 bits per heavy atom. The van der Waals surface area contributed by atoms with Crippen molar-refractivity contribution in [2.45, 2.75) is 6.92 Å². The highest BCUT2D eigenvalue weighted by Crippen LogP contribution is 2.27. The molecule has 0 aliphatic rings. The Balaban J connectivity index is 2.18. The van der Waals surface area contributed by atoms with Crippen LogP contribution in [-0.2, 0) is 0 Å². The van der Waals surface area contributed by atoms with E-state index in [4.69, 9.17) is 0 Å². The molecule has 0 atom stereocenters. The summed E-state index contributed by atoms with van der Waals surface area (Å²) in [4.78, 5) is 12.0. The number of benzene rings is 1. The quantitative estimate of drug-likeness (QED) is 0.882. The number of carbonyl (C=O) groups excluding carboxylic acids is 1. The minimum Gasteiger partial charge on any atom is -0.369 e. The van der Waals surface area contributed by atoms with E-state index < -0.39 is 17.5 Å². The average Bonchev–Trinajstić information content (AvgIpc) is 2.43. The molecular weight excluding hydrogens is 346 g/mol. The number of aromatic nitrogens is 2. The Hall–Kier alpha value is -2.09. The van der Waals surface area contributed by atoms with Crippen LogP contribution in [0.25, 0.3) is 0 Å². The third kappa shape index (κ3) is 3.72. The van der Waals surface area contributed by atoms with E-state index in [-0.39, 0.29) is 15.9 Å². The second-order valence-electron chi connectivity index (χ2n) is 4.03. The van der Waals surface area contributed by atoms with Crippen LogP contribution >= 0.6 is 15.9 Å². The summed E-state index contributed by atoms with van der Waals surface area (Å²) >= 11 is 2.99. The zero-order chi connectivity index (χ0) is 15.4. The maximum atomic E-state index is 13.6. The zero-order valence-electron chi connectivity index (χ0n) is 11.0. The summed E-state index contributed by atoms with van der Waals surface area (Å²) in [5.74, 6) is -1.74. The van der Waals surface area contributed by atoms with E-state index in [0.29, 0.717) is 18.4 Å². The molecule has 2 N–H and O–H groups in total. The van der Waals surface area contributed by atoms with Gasteiger partial charge in [0, 0.05) is 17.1 Å². The van der Waals surface area contributed by atoms with Gasteiger partial charge in [-0.25, -0.2) is 8.78 Å². The van der Waals surface area contributed by atoms with Crippen molar-refractivity contribution in [3.63, 3.8) is 0 Å². The van der Waals surface area contributed by atoms with Crippen LogP contribution in [0, 0.1) is 11.6 Å². The molecule has 110 valence electrons. The van der Waals surface area contributed by atoms with Gasteiger partial charge in [-0.3, -0.25) is 4.79 Å². The molecule has 0 radical (unpaired) electrons. The summed E-state index contributed by atoms with van der Waals surface area (Å²) < 4.78 is 26.7. The number of rotatable bonds is 4. The van der Waals surface area contributed by atoms with Crippen LogP contribution in [0.1, 0.15) is 17.4 Å². The van der Waals surface area contributed by atoms with Crippen LogP contribution in [0.3, 0.4) is 0 Å². The van der Waals surface area contributed by atoms with Crippen LogP contribution in [0.2, 0.25) is 0 Å². The van der Waals surface area contributed by atoms with Crippen LogP contribution in [0.15, 0.2) is 28.7 Å². The molecule has 1 amide bonds. The van der Waals surface area contributed by atoms with Crippen molar-refractivity contribution in [3.05, 3.63) is 46.1 Å². The largest absolute Gasteiger partial charge is 0.369 e. The molecule has 0 unspecified atom stereocenters. The molecule has 21 heavy (non-hydrogen) atoms. The summed E-state index contributed by atoms with van der Waals surface area (Å²) in [7, 11) is 0. The molecule has 0 saturated heterocycles. The van der Waals surface area contributed by atoms with E-state index in [1.165, 1.54) is 6.07 Å². The van der Waals surface area contributed by atoms with Crippen LogP contribution in [0.4, 0.5) is 20.3 Å². The normalized spacial score (nSPS) is 10.3. The number of anilines is 2. The first-order valence-corrected chi connectivity index (χ1v) is 6.84. The highest BCUT2D eigenvalue weighted by molar-refractivity contribution is 9.10. The zero-order valence-corrected chi connectivity index (χ0v) is 12.5. The second kappa shape index (κ2) is 6.57. The van der Waals surface area contributed by atoms with E-state index in [1.807, 2.05) is 6.92 Å². The van der Waals surface area contributed by atoms with Gasteiger partial charge in [0.2, 0.25) is 0 Å². The van der Waals surface area contributed by atoms with Crippen molar-refractivity contribution in [2.24, 2.45) is 0 Å². The fraction of sp³-hybridized carbons (Fsp3) is 0.154. The summed E-state index contributed by atoms with van der Waals surface area (Å²) in [6.07, 6.45) is 0. The minimum absolute atomic E-state index is 0.0206. The van der Waals surface area contributed by atoms with E-state index >= 15 is 0 Å². The summed E-state index contributed by atoms with van der Waals surface area (Å²) in [5, 5.41) is 12.8. The number of amides is 1. The first kappa shape index (κ1) is 15.3. The van der Waals surface area contributed by atoms with Gasteiger partial charge in [-0.05, 0) is 41.1 Å². The Morgan fingerprint density at radius 3 is 2.62 bits per heavy atom. The van der Waals surface area contributed by atoms with Crippen molar-refractivity contribution in [1.82, 2.24) is 10.2 Å². The Morgan fingerprint density at radius 2 is 2.05 bits per heavy atom. The van der Waals surface area contributed by atoms with Crippen molar-refractivity contribution < 1.29 is 13.6 Å². The molecule has 0 aliphatic heterocycles. The Labute approximate surface area is 127 Å². The van der Waals surface area contributed by atoms with Crippen LogP contribution in [-0.4, -0.2) is 22.6 Å². The van der Waals surface area contributed by atoms with Gasteiger partial charge in [-0.2, -0.15) is 0 Å². The van der Waals surface area contributed by atoms with Gasteiger partial charge >= 0.3 is 0 Å². The van der Waals surface area contributed by atoms with Crippen molar-refractivity contribution in [3.8, 4) is 0 Å². The molecular formula is C13H11BrF2N4O. The molecule has 2 aromatic rings. The fourth-order valence-corrected chi connectivity index (χ4v) is 2.08. The highest BCUT2D eigenvalue weighted by Gasteiger charge is 2.15. The molecule has 2 rings (SSSR count). The predicted octanol–water partition coefficient (Wildman–Crippen LogP) is 3.20. The van der Waals surface area contributed by atoms with Gasteiger partial charge < -0.3 is 10.6 Å². The fourth-order valence-electron chi connectivity index (χ4n) is 1.57. The number of hydrogen-bond donors (Lipinski definition) is 2. The minimum atomic E-state index is -0.882. The first-order chi connectivity index (χ1) is 10.0. The Kier molecular flexibility index (Phi) is 4.79. The smallest absolute Gasteiger partial charge is 0.276 e. The topological polar surface area (TPSA) is 66.9 Å². The van der Waals surface area contributed by atoms with Crippen molar-refractivity contribution in [2.75, 3.05) is 17.2 Å². The summed E-state index contributed by atoms with van der Waals surface area (Å²) in [6, 6.07) is 4.77. The highest BCUT2D eigenvalue weighted by atomic mass is 79.9. The lowest BCUT2D eigenvalue weighted by atomic mass is 10.2. The average molecular weight is 357 g/mol. The second-order valence-corrected chi connectivity index (χ2v) is 4.89. The predicted molar refractivity (Wildman–Crippen MR) is 78.2 cm³/mol. The monoisotopic (exact) mass is 356 g/mol. The molecule has 1 aromatic heterocycles. The molecule has 0 saturated carbocycles. The number of carbonyl (C=O) groups is 1. The van der Waals surface area contributed by atoms with Crippen molar-refractivity contribution >= 4 is 33.3 Å². The standard InChI is InChI=1S/C13H11BrF2N4O/c1-2-17-11-4-3-10(19-20-11)13(21)18-12-8(14)5-7(15)6-9(12)16/h3-6H,2H2,1H3,(H,17,20)(H,18,21). The van der Waals surface area contributed by atoms with E-state index in [9.17, 15) is 13.6 Å². The van der Waals surface area contributed by atoms with Gasteiger partial charge in [-0.15, -0.1) is 10.2 Å². The number of halogens is 3. The van der Waals surface area contributed by atoms with Crippen LogP contribution < -0.4 is 10.6 Å². The molecule has 8 heteroatoms. The van der Waals surface area contributed by atoms with Gasteiger partial charge in [0.05, 0.1) is 5.69 Å². The van der Waals surface area contributed by atoms with Gasteiger partial charge in [0.15, 0.2) is 11.5 Å². The molecule has 1 heterocycles. The van der Waals surface area contributed by atoms with E-state index in [2.05, 4.69) is 36.8 Å². The third-order valence-electron chi connectivity index (χ3n) is 2.50. The summed E-state index contributed by atoms with van der Waals surface area (Å²) in [5.41, 5.74) is -0.133. The number of hydrogen-bond acceptors (Lipinski definition) is 4. The van der Waals surface area contributed by atoms with E-state index in [0.717, 1.165) is 6.07 Å².